The summed E-state index contributed by atoms with van der Waals surface area (Å²) in [5, 5.41) is 0.696. The van der Waals surface area contributed by atoms with Crippen LogP contribution in [0.25, 0.3) is 11.3 Å². The molecule has 1 aromatic heterocycles. The maximum absolute atomic E-state index is 10.6. The van der Waals surface area contributed by atoms with Gasteiger partial charge in [-0.1, -0.05) is 39.8 Å². The first-order valence-electron chi connectivity index (χ1n) is 4.87. The van der Waals surface area contributed by atoms with Crippen molar-refractivity contribution in [1.82, 2.24) is 9.97 Å². The Kier molecular flexibility index (Phi) is 3.86. The molecule has 2 rings (SSSR count). The van der Waals surface area contributed by atoms with Crippen molar-refractivity contribution < 1.29 is 4.79 Å². The van der Waals surface area contributed by atoms with Crippen LogP contribution in [0.4, 0.5) is 0 Å². The van der Waals surface area contributed by atoms with Crippen molar-refractivity contribution in [3.8, 4) is 11.3 Å². The first kappa shape index (κ1) is 12.2. The number of thioether (sulfide) groups is 1. The van der Waals surface area contributed by atoms with Crippen LogP contribution in [0.5, 0.6) is 0 Å². The summed E-state index contributed by atoms with van der Waals surface area (Å²) < 4.78 is 1.03. The van der Waals surface area contributed by atoms with E-state index in [1.54, 1.807) is 6.20 Å². The van der Waals surface area contributed by atoms with Crippen molar-refractivity contribution in [2.45, 2.75) is 5.16 Å². The summed E-state index contributed by atoms with van der Waals surface area (Å²) in [7, 11) is 0. The maximum atomic E-state index is 10.6. The molecule has 0 spiro atoms. The molecule has 0 aliphatic heterocycles. The smallest absolute Gasteiger partial charge is 0.227 e. The SMILES string of the molecule is NC(=O)CSc1ncc(-c2ccc(Br)cc2)[nH]1. The Morgan fingerprint density at radius 2 is 2.12 bits per heavy atom. The molecule has 0 aliphatic carbocycles. The fourth-order valence-corrected chi connectivity index (χ4v) is 2.14. The van der Waals surface area contributed by atoms with Gasteiger partial charge in [0.1, 0.15) is 0 Å². The minimum atomic E-state index is -0.350. The summed E-state index contributed by atoms with van der Waals surface area (Å²) in [6, 6.07) is 7.90. The van der Waals surface area contributed by atoms with Gasteiger partial charge in [-0.25, -0.2) is 4.98 Å². The Bertz CT molecular complexity index is 524. The van der Waals surface area contributed by atoms with Gasteiger partial charge in [0.15, 0.2) is 5.16 Å². The summed E-state index contributed by atoms with van der Waals surface area (Å²) in [6.07, 6.45) is 1.74. The lowest BCUT2D eigenvalue weighted by Gasteiger charge is -1.97. The Labute approximate surface area is 111 Å². The number of carbonyl (C=O) groups excluding carboxylic acids is 1. The quantitative estimate of drug-likeness (QED) is 0.852. The number of amides is 1. The van der Waals surface area contributed by atoms with E-state index >= 15 is 0 Å². The number of benzene rings is 1. The Morgan fingerprint density at radius 1 is 1.41 bits per heavy atom. The molecule has 0 saturated heterocycles. The molecule has 1 heterocycles. The van der Waals surface area contributed by atoms with Gasteiger partial charge in [0.05, 0.1) is 17.6 Å². The molecule has 1 amide bonds. The monoisotopic (exact) mass is 311 g/mol. The van der Waals surface area contributed by atoms with E-state index in [1.165, 1.54) is 11.8 Å². The zero-order chi connectivity index (χ0) is 12.3. The van der Waals surface area contributed by atoms with Crippen LogP contribution in [0.2, 0.25) is 0 Å². The number of rotatable bonds is 4. The predicted octanol–water partition coefficient (Wildman–Crippen LogP) is 2.42. The number of hydrogen-bond acceptors (Lipinski definition) is 3. The summed E-state index contributed by atoms with van der Waals surface area (Å²) in [4.78, 5) is 17.9. The van der Waals surface area contributed by atoms with E-state index in [4.69, 9.17) is 5.73 Å². The molecule has 0 bridgehead atoms. The molecule has 6 heteroatoms. The number of nitrogens with one attached hydrogen (secondary N) is 1. The Hall–Kier alpha value is -1.27. The van der Waals surface area contributed by atoms with Gasteiger partial charge in [-0.2, -0.15) is 0 Å². The zero-order valence-electron chi connectivity index (χ0n) is 8.81. The minimum absolute atomic E-state index is 0.229. The third-order valence-corrected chi connectivity index (χ3v) is 3.50. The van der Waals surface area contributed by atoms with Crippen LogP contribution in [0.15, 0.2) is 40.1 Å². The second-order valence-corrected chi connectivity index (χ2v) is 5.24. The number of hydrogen-bond donors (Lipinski definition) is 2. The second kappa shape index (κ2) is 5.37. The van der Waals surface area contributed by atoms with Crippen LogP contribution in [0, 0.1) is 0 Å². The standard InChI is InChI=1S/C11H10BrN3OS/c12-8-3-1-7(2-4-8)9-5-14-11(15-9)17-6-10(13)16/h1-5H,6H2,(H2,13,16)(H,14,15). The number of aromatic amines is 1. The molecule has 0 fully saturated rings. The third-order valence-electron chi connectivity index (χ3n) is 2.06. The number of imidazole rings is 1. The molecule has 0 aliphatic rings. The number of nitrogens with two attached hydrogens (primary N) is 1. The molecular formula is C11H10BrN3OS. The van der Waals surface area contributed by atoms with Gasteiger partial charge in [-0.05, 0) is 17.7 Å². The molecule has 1 aromatic carbocycles. The summed E-state index contributed by atoms with van der Waals surface area (Å²) in [5.74, 6) is -0.121. The van der Waals surface area contributed by atoms with Gasteiger partial charge in [-0.3, -0.25) is 4.79 Å². The van der Waals surface area contributed by atoms with Gasteiger partial charge in [0.25, 0.3) is 0 Å². The molecule has 17 heavy (non-hydrogen) atoms. The lowest BCUT2D eigenvalue weighted by molar-refractivity contribution is -0.115. The molecule has 0 saturated carbocycles. The van der Waals surface area contributed by atoms with E-state index < -0.39 is 0 Å². The van der Waals surface area contributed by atoms with Crippen LogP contribution >= 0.6 is 27.7 Å². The second-order valence-electron chi connectivity index (χ2n) is 3.36. The molecule has 88 valence electrons. The van der Waals surface area contributed by atoms with Crippen molar-refractivity contribution >= 4 is 33.6 Å². The number of carbonyl (C=O) groups is 1. The van der Waals surface area contributed by atoms with Gasteiger partial charge in [0.2, 0.25) is 5.91 Å². The van der Waals surface area contributed by atoms with Crippen LogP contribution in [-0.4, -0.2) is 21.6 Å². The van der Waals surface area contributed by atoms with Crippen molar-refractivity contribution in [3.63, 3.8) is 0 Å². The van der Waals surface area contributed by atoms with Gasteiger partial charge < -0.3 is 10.7 Å². The van der Waals surface area contributed by atoms with E-state index in [1.807, 2.05) is 24.3 Å². The maximum Gasteiger partial charge on any atom is 0.227 e. The topological polar surface area (TPSA) is 71.8 Å². The Morgan fingerprint density at radius 3 is 2.76 bits per heavy atom. The third kappa shape index (κ3) is 3.34. The number of primary amides is 1. The van der Waals surface area contributed by atoms with Crippen LogP contribution in [-0.2, 0) is 4.79 Å². The summed E-state index contributed by atoms with van der Waals surface area (Å²) >= 11 is 4.68. The molecular weight excluding hydrogens is 302 g/mol. The first-order chi connectivity index (χ1) is 8.15. The number of aromatic nitrogens is 2. The van der Waals surface area contributed by atoms with Gasteiger partial charge in [0, 0.05) is 4.47 Å². The van der Waals surface area contributed by atoms with Crippen molar-refractivity contribution in [2.75, 3.05) is 5.75 Å². The minimum Gasteiger partial charge on any atom is -0.369 e. The highest BCUT2D eigenvalue weighted by molar-refractivity contribution is 9.10. The highest BCUT2D eigenvalue weighted by atomic mass is 79.9. The van der Waals surface area contributed by atoms with Crippen LogP contribution < -0.4 is 5.73 Å². The fraction of sp³-hybridized carbons (Fsp3) is 0.0909. The van der Waals surface area contributed by atoms with Crippen LogP contribution in [0.1, 0.15) is 0 Å². The van der Waals surface area contributed by atoms with E-state index in [9.17, 15) is 4.79 Å². The molecule has 2 aromatic rings. The lowest BCUT2D eigenvalue weighted by Crippen LogP contribution is -2.13. The summed E-state index contributed by atoms with van der Waals surface area (Å²) in [6.45, 7) is 0. The highest BCUT2D eigenvalue weighted by Gasteiger charge is 2.05. The first-order valence-corrected chi connectivity index (χ1v) is 6.65. The lowest BCUT2D eigenvalue weighted by atomic mass is 10.2. The van der Waals surface area contributed by atoms with E-state index in [0.717, 1.165) is 15.7 Å². The molecule has 0 unspecified atom stereocenters. The van der Waals surface area contributed by atoms with Crippen LogP contribution in [0.3, 0.4) is 0 Å². The predicted molar refractivity (Wildman–Crippen MR) is 71.6 cm³/mol. The van der Waals surface area contributed by atoms with Crippen molar-refractivity contribution in [1.29, 1.82) is 0 Å². The van der Waals surface area contributed by atoms with E-state index in [2.05, 4.69) is 25.9 Å². The molecule has 0 atom stereocenters. The number of nitrogens with zero attached hydrogens (tertiary/aromatic N) is 1. The van der Waals surface area contributed by atoms with Crippen molar-refractivity contribution in [3.05, 3.63) is 34.9 Å². The normalized spacial score (nSPS) is 10.4. The number of halogens is 1. The van der Waals surface area contributed by atoms with Gasteiger partial charge in [-0.15, -0.1) is 0 Å². The largest absolute Gasteiger partial charge is 0.369 e. The van der Waals surface area contributed by atoms with E-state index in [-0.39, 0.29) is 11.7 Å². The van der Waals surface area contributed by atoms with Gasteiger partial charge >= 0.3 is 0 Å². The Balaban J connectivity index is 2.12. The zero-order valence-corrected chi connectivity index (χ0v) is 11.2. The molecule has 3 N–H and O–H groups in total. The average Bonchev–Trinajstić information content (AvgIpc) is 2.76. The van der Waals surface area contributed by atoms with E-state index in [0.29, 0.717) is 5.16 Å². The fourth-order valence-electron chi connectivity index (χ4n) is 1.29. The average molecular weight is 312 g/mol. The molecule has 4 nitrogen and oxygen atoms in total. The highest BCUT2D eigenvalue weighted by Crippen LogP contribution is 2.22. The summed E-state index contributed by atoms with van der Waals surface area (Å²) in [5.41, 5.74) is 7.04. The molecule has 0 radical (unpaired) electrons. The number of H-pyrrole nitrogens is 1. The van der Waals surface area contributed by atoms with Crippen molar-refractivity contribution in [2.24, 2.45) is 5.73 Å².